The molecule has 28 heavy (non-hydrogen) atoms. The highest BCUT2D eigenvalue weighted by Crippen LogP contribution is 2.32. The van der Waals surface area contributed by atoms with Gasteiger partial charge in [0.2, 0.25) is 5.91 Å². The molecule has 1 heterocycles. The predicted molar refractivity (Wildman–Crippen MR) is 123 cm³/mol. The average molecular weight is 475 g/mol. The lowest BCUT2D eigenvalue weighted by Gasteiger charge is -2.14. The summed E-state index contributed by atoms with van der Waals surface area (Å²) in [5, 5.41) is 2.87. The molecule has 4 nitrogen and oxygen atoms in total. The second kappa shape index (κ2) is 9.49. The molecule has 0 unspecified atom stereocenters. The molecule has 0 spiro atoms. The maximum atomic E-state index is 12.6. The first-order chi connectivity index (χ1) is 13.4. The van der Waals surface area contributed by atoms with Crippen molar-refractivity contribution < 1.29 is 9.59 Å². The van der Waals surface area contributed by atoms with E-state index in [2.05, 4.69) is 21.2 Å². The fourth-order valence-electron chi connectivity index (χ4n) is 2.68. The van der Waals surface area contributed by atoms with E-state index in [0.29, 0.717) is 28.6 Å². The van der Waals surface area contributed by atoms with Crippen LogP contribution < -0.4 is 5.32 Å². The van der Waals surface area contributed by atoms with Crippen molar-refractivity contribution in [3.05, 3.63) is 69.0 Å². The van der Waals surface area contributed by atoms with Gasteiger partial charge in [-0.25, -0.2) is 0 Å². The Morgan fingerprint density at radius 3 is 2.64 bits per heavy atom. The number of carbonyl (C=O) groups excluding carboxylic acids is 2. The van der Waals surface area contributed by atoms with Gasteiger partial charge in [0.15, 0.2) is 0 Å². The Hall–Kier alpha value is -1.96. The van der Waals surface area contributed by atoms with E-state index < -0.39 is 0 Å². The van der Waals surface area contributed by atoms with Crippen LogP contribution in [0, 0.1) is 6.92 Å². The fourth-order valence-corrected chi connectivity index (χ4v) is 4.37. The number of benzene rings is 2. The summed E-state index contributed by atoms with van der Waals surface area (Å²) in [6.07, 6.45) is 2.72. The average Bonchev–Trinajstić information content (AvgIpc) is 2.93. The van der Waals surface area contributed by atoms with Crippen molar-refractivity contribution in [2.45, 2.75) is 19.8 Å². The molecule has 7 heteroatoms. The minimum atomic E-state index is -0.0956. The van der Waals surface area contributed by atoms with Gasteiger partial charge in [-0.15, -0.1) is 0 Å². The first-order valence-electron chi connectivity index (χ1n) is 8.80. The standard InChI is InChI=1S/C21H19BrN2O2S2/c1-14-8-10-15(11-9-14)13-18-20(26)24(21(27)28-18)12-4-7-19(25)23-17-6-3-2-5-16(17)22/h2-3,5-6,8-11,13H,4,7,12H2,1H3,(H,23,25)/b18-13-. The summed E-state index contributed by atoms with van der Waals surface area (Å²) in [4.78, 5) is 27.0. The third-order valence-corrected chi connectivity index (χ3v) is 6.25. The Morgan fingerprint density at radius 2 is 1.93 bits per heavy atom. The number of para-hydroxylation sites is 1. The number of thioether (sulfide) groups is 1. The molecule has 1 aliphatic heterocycles. The van der Waals surface area contributed by atoms with Crippen molar-refractivity contribution >= 4 is 67.8 Å². The third kappa shape index (κ3) is 5.31. The number of halogens is 1. The number of nitrogens with zero attached hydrogens (tertiary/aromatic N) is 1. The zero-order chi connectivity index (χ0) is 20.1. The Morgan fingerprint density at radius 1 is 1.21 bits per heavy atom. The van der Waals surface area contributed by atoms with Gasteiger partial charge in [-0.1, -0.05) is 65.9 Å². The summed E-state index contributed by atoms with van der Waals surface area (Å²) < 4.78 is 1.37. The van der Waals surface area contributed by atoms with E-state index in [1.54, 1.807) is 4.90 Å². The molecule has 0 aliphatic carbocycles. The lowest BCUT2D eigenvalue weighted by molar-refractivity contribution is -0.122. The number of rotatable bonds is 6. The van der Waals surface area contributed by atoms with Crippen LogP contribution in [0.1, 0.15) is 24.0 Å². The molecule has 2 aromatic carbocycles. The number of aryl methyl sites for hydroxylation is 1. The predicted octanol–water partition coefficient (Wildman–Crippen LogP) is 5.38. The van der Waals surface area contributed by atoms with Crippen molar-refractivity contribution in [2.75, 3.05) is 11.9 Å². The summed E-state index contributed by atoms with van der Waals surface area (Å²) >= 11 is 10.1. The van der Waals surface area contributed by atoms with E-state index in [4.69, 9.17) is 12.2 Å². The Bertz CT molecular complexity index is 942. The molecular formula is C21H19BrN2O2S2. The van der Waals surface area contributed by atoms with Crippen LogP contribution in [0.3, 0.4) is 0 Å². The Kier molecular flexibility index (Phi) is 7.04. The highest BCUT2D eigenvalue weighted by Gasteiger charge is 2.31. The summed E-state index contributed by atoms with van der Waals surface area (Å²) in [7, 11) is 0. The van der Waals surface area contributed by atoms with Gasteiger partial charge >= 0.3 is 0 Å². The van der Waals surface area contributed by atoms with E-state index in [0.717, 1.165) is 15.7 Å². The monoisotopic (exact) mass is 474 g/mol. The molecule has 0 radical (unpaired) electrons. The molecule has 0 saturated carbocycles. The lowest BCUT2D eigenvalue weighted by atomic mass is 10.1. The van der Waals surface area contributed by atoms with Gasteiger partial charge in [-0.3, -0.25) is 14.5 Å². The summed E-state index contributed by atoms with van der Waals surface area (Å²) in [5.74, 6) is -0.186. The minimum absolute atomic E-state index is 0.0902. The summed E-state index contributed by atoms with van der Waals surface area (Å²) in [6, 6.07) is 15.4. The molecule has 3 rings (SSSR count). The molecule has 1 saturated heterocycles. The van der Waals surface area contributed by atoms with Crippen LogP contribution in [0.25, 0.3) is 6.08 Å². The van der Waals surface area contributed by atoms with Gasteiger partial charge < -0.3 is 5.32 Å². The van der Waals surface area contributed by atoms with E-state index in [1.165, 1.54) is 17.3 Å². The summed E-state index contributed by atoms with van der Waals surface area (Å²) in [6.45, 7) is 2.45. The van der Waals surface area contributed by atoms with E-state index >= 15 is 0 Å². The third-order valence-electron chi connectivity index (χ3n) is 4.18. The molecule has 2 aromatic rings. The topological polar surface area (TPSA) is 49.4 Å². The van der Waals surface area contributed by atoms with Crippen molar-refractivity contribution in [2.24, 2.45) is 0 Å². The van der Waals surface area contributed by atoms with Crippen LogP contribution in [-0.2, 0) is 9.59 Å². The van der Waals surface area contributed by atoms with E-state index in [-0.39, 0.29) is 11.8 Å². The smallest absolute Gasteiger partial charge is 0.266 e. The second-order valence-electron chi connectivity index (χ2n) is 6.38. The van der Waals surface area contributed by atoms with Crippen molar-refractivity contribution in [3.63, 3.8) is 0 Å². The van der Waals surface area contributed by atoms with E-state index in [1.807, 2.05) is 61.5 Å². The first kappa shape index (κ1) is 20.8. The molecule has 0 atom stereocenters. The first-order valence-corrected chi connectivity index (χ1v) is 10.8. The van der Waals surface area contributed by atoms with Gasteiger partial charge in [0.05, 0.1) is 10.6 Å². The summed E-state index contributed by atoms with van der Waals surface area (Å²) in [5.41, 5.74) is 2.88. The number of amides is 2. The molecule has 144 valence electrons. The number of hydrogen-bond acceptors (Lipinski definition) is 4. The lowest BCUT2D eigenvalue weighted by Crippen LogP contribution is -2.29. The number of hydrogen-bond donors (Lipinski definition) is 1. The quantitative estimate of drug-likeness (QED) is 0.451. The zero-order valence-electron chi connectivity index (χ0n) is 15.3. The second-order valence-corrected chi connectivity index (χ2v) is 8.91. The number of carbonyl (C=O) groups is 2. The normalized spacial score (nSPS) is 15.4. The maximum absolute atomic E-state index is 12.6. The molecule has 1 N–H and O–H groups in total. The van der Waals surface area contributed by atoms with Gasteiger partial charge in [0.25, 0.3) is 5.91 Å². The van der Waals surface area contributed by atoms with Crippen LogP contribution in [0.4, 0.5) is 5.69 Å². The van der Waals surface area contributed by atoms with Crippen LogP contribution >= 0.6 is 39.9 Å². The van der Waals surface area contributed by atoms with Crippen LogP contribution in [0.2, 0.25) is 0 Å². The Labute approximate surface area is 182 Å². The SMILES string of the molecule is Cc1ccc(/C=C2\SC(=S)N(CCCC(=O)Nc3ccccc3Br)C2=O)cc1. The number of thiocarbonyl (C=S) groups is 1. The highest BCUT2D eigenvalue weighted by atomic mass is 79.9. The van der Waals surface area contributed by atoms with Crippen LogP contribution in [-0.4, -0.2) is 27.6 Å². The number of nitrogens with one attached hydrogen (secondary N) is 1. The van der Waals surface area contributed by atoms with Gasteiger partial charge in [0.1, 0.15) is 4.32 Å². The molecule has 0 aromatic heterocycles. The minimum Gasteiger partial charge on any atom is -0.325 e. The molecule has 0 bridgehead atoms. The van der Waals surface area contributed by atoms with Crippen molar-refractivity contribution in [3.8, 4) is 0 Å². The van der Waals surface area contributed by atoms with Crippen LogP contribution in [0.5, 0.6) is 0 Å². The Balaban J connectivity index is 1.54. The molecule has 2 amide bonds. The van der Waals surface area contributed by atoms with Gasteiger partial charge in [-0.2, -0.15) is 0 Å². The van der Waals surface area contributed by atoms with Crippen molar-refractivity contribution in [1.82, 2.24) is 4.90 Å². The molecular weight excluding hydrogens is 456 g/mol. The highest BCUT2D eigenvalue weighted by molar-refractivity contribution is 9.10. The maximum Gasteiger partial charge on any atom is 0.266 e. The van der Waals surface area contributed by atoms with E-state index in [9.17, 15) is 9.59 Å². The van der Waals surface area contributed by atoms with Gasteiger partial charge in [-0.05, 0) is 53.0 Å². The van der Waals surface area contributed by atoms with Crippen LogP contribution in [0.15, 0.2) is 57.9 Å². The number of anilines is 1. The van der Waals surface area contributed by atoms with Crippen molar-refractivity contribution in [1.29, 1.82) is 0 Å². The largest absolute Gasteiger partial charge is 0.325 e. The fraction of sp³-hybridized carbons (Fsp3) is 0.190. The molecule has 1 aliphatic rings. The molecule has 1 fully saturated rings. The zero-order valence-corrected chi connectivity index (χ0v) is 18.5. The van der Waals surface area contributed by atoms with Gasteiger partial charge in [0, 0.05) is 17.4 Å².